The molecule has 0 saturated heterocycles. The number of halogens is 1. The van der Waals surface area contributed by atoms with Crippen molar-refractivity contribution in [3.05, 3.63) is 0 Å². The van der Waals surface area contributed by atoms with Gasteiger partial charge in [-0.05, 0) is 0 Å². The molecule has 0 aromatic heterocycles. The first-order valence-electron chi connectivity index (χ1n) is 1.32. The Balaban J connectivity index is 0. The Hall–Kier alpha value is 1.07. The molecule has 0 amide bonds. The van der Waals surface area contributed by atoms with E-state index < -0.39 is 10.2 Å². The van der Waals surface area contributed by atoms with E-state index in [9.17, 15) is 0 Å². The van der Waals surface area contributed by atoms with Crippen molar-refractivity contribution in [2.24, 2.45) is 0 Å². The maximum absolute atomic E-state index is 8.49. The Morgan fingerprint density at radius 1 is 1.00 bits per heavy atom. The first-order valence-corrected chi connectivity index (χ1v) is 8.06. The predicted octanol–water partition coefficient (Wildman–Crippen LogP) is -4.17. The molecule has 0 aliphatic rings. The maximum atomic E-state index is 8.49. The van der Waals surface area contributed by atoms with E-state index in [0.717, 1.165) is 26.1 Å². The second-order valence-electron chi connectivity index (χ2n) is 0.378. The summed E-state index contributed by atoms with van der Waals surface area (Å²) in [5.74, 6) is 0. The van der Waals surface area contributed by atoms with E-state index in [1.807, 2.05) is 0 Å². The number of hydrogen-bond donors (Lipinski definition) is 0. The molecular formula is CH3ClHgO4. The molecule has 0 aliphatic heterocycles. The van der Waals surface area contributed by atoms with Crippen LogP contribution in [0.5, 0.6) is 0 Å². The molecule has 0 rings (SSSR count). The van der Waals surface area contributed by atoms with Crippen LogP contribution in [-0.2, 0) is 26.1 Å². The van der Waals surface area contributed by atoms with E-state index in [1.54, 1.807) is 0 Å². The topological polar surface area (TPSA) is 92.2 Å². The average Bonchev–Trinajstić information content (AvgIpc) is 1.36. The maximum Gasteiger partial charge on any atom is -0.112 e. The minimum Gasteiger partial charge on any atom is -0.222 e. The van der Waals surface area contributed by atoms with E-state index in [2.05, 4.69) is 4.43 Å². The summed E-state index contributed by atoms with van der Waals surface area (Å²) in [4.78, 5) is 0. The van der Waals surface area contributed by atoms with Gasteiger partial charge in [0, 0.05) is 0 Å². The van der Waals surface area contributed by atoms with E-state index in [0.29, 0.717) is 0 Å². The van der Waals surface area contributed by atoms with Gasteiger partial charge in [0.25, 0.3) is 0 Å². The second-order valence-corrected chi connectivity index (χ2v) is 1.13. The van der Waals surface area contributed by atoms with Crippen LogP contribution in [0.15, 0.2) is 0 Å². The second kappa shape index (κ2) is 5.21. The fraction of sp³-hybridized carbons (Fsp3) is 1.00. The van der Waals surface area contributed by atoms with Crippen LogP contribution in [0, 0.1) is 10.2 Å². The minimum absolute atomic E-state index is 1.03. The summed E-state index contributed by atoms with van der Waals surface area (Å²) in [6, 6.07) is 0. The molecule has 0 radical (unpaired) electrons. The number of hydrogen-bond acceptors (Lipinski definition) is 4. The van der Waals surface area contributed by atoms with Gasteiger partial charge in [-0.1, -0.05) is 0 Å². The van der Waals surface area contributed by atoms with Crippen molar-refractivity contribution in [1.29, 1.82) is 0 Å². The molecule has 4 nitrogen and oxygen atoms in total. The summed E-state index contributed by atoms with van der Waals surface area (Å²) >= 11 is 1.03. The van der Waals surface area contributed by atoms with Gasteiger partial charge in [-0.15, -0.1) is 10.2 Å². The van der Waals surface area contributed by atoms with E-state index in [4.69, 9.17) is 18.6 Å². The molecule has 0 bridgehead atoms. The molecule has 0 aromatic rings. The summed E-state index contributed by atoms with van der Waals surface area (Å²) in [5, 5.41) is 0. The van der Waals surface area contributed by atoms with E-state index >= 15 is 0 Å². The first-order chi connectivity index (χ1) is 3.00. The number of rotatable bonds is 0. The van der Waals surface area contributed by atoms with Gasteiger partial charge in [0.1, 0.15) is 0 Å². The van der Waals surface area contributed by atoms with Crippen LogP contribution in [0.4, 0.5) is 0 Å². The van der Waals surface area contributed by atoms with Crippen molar-refractivity contribution < 1.29 is 55.0 Å². The van der Waals surface area contributed by atoms with Crippen LogP contribution in [0.2, 0.25) is 4.43 Å². The Labute approximate surface area is 59.5 Å². The van der Waals surface area contributed by atoms with Crippen LogP contribution in [0.3, 0.4) is 0 Å². The SMILES string of the molecule is [CH3][Hg+].[O-][Cl+3]([O-])([O-])[O-]. The normalized spacial score (nSPS) is 9.57. The van der Waals surface area contributed by atoms with Gasteiger partial charge in [-0.3, -0.25) is 0 Å². The molecule has 0 saturated carbocycles. The smallest absolute Gasteiger partial charge is 0.112 e. The molecule has 0 spiro atoms. The van der Waals surface area contributed by atoms with Gasteiger partial charge in [0.15, 0.2) is 0 Å². The Morgan fingerprint density at radius 3 is 1.00 bits per heavy atom. The fourth-order valence-electron chi connectivity index (χ4n) is 0. The molecule has 0 fully saturated rings. The summed E-state index contributed by atoms with van der Waals surface area (Å²) in [5.41, 5.74) is 0. The molecule has 7 heavy (non-hydrogen) atoms. The molecule has 0 atom stereocenters. The molecule has 0 aliphatic carbocycles. The quantitative estimate of drug-likeness (QED) is 0.424. The Bertz CT molecular complexity index is 27.2. The van der Waals surface area contributed by atoms with Crippen LogP contribution in [-0.4, -0.2) is 0 Å². The molecule has 0 aromatic carbocycles. The summed E-state index contributed by atoms with van der Waals surface area (Å²) < 4.78 is 36.2. The summed E-state index contributed by atoms with van der Waals surface area (Å²) in [6.07, 6.45) is 0. The van der Waals surface area contributed by atoms with Gasteiger partial charge in [0.2, 0.25) is 0 Å². The third kappa shape index (κ3) is 160. The van der Waals surface area contributed by atoms with Gasteiger partial charge in [-0.2, -0.15) is 0 Å². The van der Waals surface area contributed by atoms with E-state index in [-0.39, 0.29) is 0 Å². The molecule has 0 unspecified atom stereocenters. The summed E-state index contributed by atoms with van der Waals surface area (Å²) in [7, 11) is -4.94. The van der Waals surface area contributed by atoms with Gasteiger partial charge in [0.05, 0.1) is 0 Å². The van der Waals surface area contributed by atoms with Gasteiger partial charge >= 0.3 is 30.6 Å². The molecule has 6 heteroatoms. The summed E-state index contributed by atoms with van der Waals surface area (Å²) in [6.45, 7) is 0. The van der Waals surface area contributed by atoms with Gasteiger partial charge in [-0.25, -0.2) is 18.6 Å². The van der Waals surface area contributed by atoms with Crippen molar-refractivity contribution in [2.45, 2.75) is 4.43 Å². The van der Waals surface area contributed by atoms with Crippen molar-refractivity contribution in [3.63, 3.8) is 0 Å². The minimum atomic E-state index is -4.94. The van der Waals surface area contributed by atoms with E-state index in [1.165, 1.54) is 0 Å². The van der Waals surface area contributed by atoms with Crippen molar-refractivity contribution in [3.8, 4) is 0 Å². The van der Waals surface area contributed by atoms with Crippen molar-refractivity contribution >= 4 is 0 Å². The zero-order valence-electron chi connectivity index (χ0n) is 3.72. The molecule has 0 N–H and O–H groups in total. The standard InChI is InChI=1S/CH3.ClHO4.Hg/c;2-1(3,4)5;/h1H3;(H,2,3,4,5);/q;;+1/p-1. The predicted molar refractivity (Wildman–Crippen MR) is 5.86 cm³/mol. The Kier molecular flexibility index (Phi) is 8.14. The van der Waals surface area contributed by atoms with Crippen LogP contribution >= 0.6 is 0 Å². The third-order valence-electron chi connectivity index (χ3n) is 0. The molecule has 0 heterocycles. The van der Waals surface area contributed by atoms with Crippen LogP contribution in [0.1, 0.15) is 0 Å². The average molecular weight is 315 g/mol. The van der Waals surface area contributed by atoms with Crippen molar-refractivity contribution in [2.75, 3.05) is 0 Å². The van der Waals surface area contributed by atoms with Crippen LogP contribution < -0.4 is 18.6 Å². The molecule has 40 valence electrons. The van der Waals surface area contributed by atoms with Crippen molar-refractivity contribution in [1.82, 2.24) is 0 Å². The zero-order valence-corrected chi connectivity index (χ0v) is 9.97. The van der Waals surface area contributed by atoms with Gasteiger partial charge < -0.3 is 0 Å². The monoisotopic (exact) mass is 316 g/mol. The largest absolute Gasteiger partial charge is 0.222 e. The molecular weight excluding hydrogens is 312 g/mol. The first kappa shape index (κ1) is 10.9. The third-order valence-corrected chi connectivity index (χ3v) is 0. The Morgan fingerprint density at radius 2 is 1.00 bits per heavy atom. The fourth-order valence-corrected chi connectivity index (χ4v) is 0. The zero-order chi connectivity index (χ0) is 6.50. The van der Waals surface area contributed by atoms with Crippen LogP contribution in [0.25, 0.3) is 0 Å².